The summed E-state index contributed by atoms with van der Waals surface area (Å²) in [4.78, 5) is 20.5. The lowest BCUT2D eigenvalue weighted by Crippen LogP contribution is -2.67. The van der Waals surface area contributed by atoms with Crippen molar-refractivity contribution in [2.24, 2.45) is 0 Å². The van der Waals surface area contributed by atoms with Gasteiger partial charge in [0.25, 0.3) is 0 Å². The van der Waals surface area contributed by atoms with Crippen LogP contribution in [0.15, 0.2) is 0 Å². The van der Waals surface area contributed by atoms with Crippen LogP contribution in [0.25, 0.3) is 0 Å². The Morgan fingerprint density at radius 1 is 1.80 bits per heavy atom. The van der Waals surface area contributed by atoms with Gasteiger partial charge in [-0.05, 0) is 6.92 Å². The van der Waals surface area contributed by atoms with Crippen molar-refractivity contribution >= 4 is 12.0 Å². The van der Waals surface area contributed by atoms with Gasteiger partial charge in [0.1, 0.15) is 6.04 Å². The van der Waals surface area contributed by atoms with Gasteiger partial charge in [-0.2, -0.15) is 0 Å². The number of β-lactam (4-membered cyclic amide) rings is 1. The van der Waals surface area contributed by atoms with Gasteiger partial charge in [-0.3, -0.25) is 4.79 Å². The fourth-order valence-electron chi connectivity index (χ4n) is 0.852. The second-order valence-corrected chi connectivity index (χ2v) is 2.22. The van der Waals surface area contributed by atoms with Crippen molar-refractivity contribution in [3.63, 3.8) is 0 Å². The topological polar surface area (TPSA) is 78.4 Å². The number of hydrogen-bond acceptors (Lipinski definition) is 2. The number of carbonyl (C=O) groups is 2. The molecule has 0 aromatic rings. The Kier molecular flexibility index (Phi) is 1.48. The standard InChI is InChI=1S/C5H8N2O3/c1-2-3(4(8)6-2)7-5(9)10/h2-3,7H,1H3,(H,6,8)(H,9,10)/t2-,3-/m0/s1. The zero-order valence-corrected chi connectivity index (χ0v) is 5.42. The van der Waals surface area contributed by atoms with Gasteiger partial charge in [-0.1, -0.05) is 0 Å². The van der Waals surface area contributed by atoms with Crippen LogP contribution in [0, 0.1) is 0 Å². The minimum atomic E-state index is -1.16. The first-order valence-corrected chi connectivity index (χ1v) is 2.91. The molecule has 0 aliphatic carbocycles. The summed E-state index contributed by atoms with van der Waals surface area (Å²) < 4.78 is 0. The van der Waals surface area contributed by atoms with Crippen LogP contribution in [0.4, 0.5) is 4.79 Å². The molecule has 0 unspecified atom stereocenters. The van der Waals surface area contributed by atoms with Crippen LogP contribution < -0.4 is 10.6 Å². The highest BCUT2D eigenvalue weighted by Crippen LogP contribution is 2.03. The predicted molar refractivity (Wildman–Crippen MR) is 32.6 cm³/mol. The molecule has 2 amide bonds. The molecule has 1 heterocycles. The van der Waals surface area contributed by atoms with Crippen LogP contribution >= 0.6 is 0 Å². The number of carboxylic acid groups (broad SMARTS) is 1. The molecule has 5 heteroatoms. The fourth-order valence-corrected chi connectivity index (χ4v) is 0.852. The van der Waals surface area contributed by atoms with Crippen molar-refractivity contribution in [1.29, 1.82) is 0 Å². The van der Waals surface area contributed by atoms with E-state index in [1.807, 2.05) is 0 Å². The Balaban J connectivity index is 2.40. The third-order valence-electron chi connectivity index (χ3n) is 1.43. The summed E-state index contributed by atoms with van der Waals surface area (Å²) in [5.74, 6) is -0.255. The van der Waals surface area contributed by atoms with E-state index < -0.39 is 12.1 Å². The summed E-state index contributed by atoms with van der Waals surface area (Å²) >= 11 is 0. The van der Waals surface area contributed by atoms with E-state index in [0.717, 1.165) is 0 Å². The van der Waals surface area contributed by atoms with Gasteiger partial charge in [-0.15, -0.1) is 0 Å². The first-order valence-electron chi connectivity index (χ1n) is 2.91. The molecule has 1 saturated heterocycles. The predicted octanol–water partition coefficient (Wildman–Crippen LogP) is -0.859. The molecule has 5 nitrogen and oxygen atoms in total. The smallest absolute Gasteiger partial charge is 0.405 e. The summed E-state index contributed by atoms with van der Waals surface area (Å²) in [6.45, 7) is 1.74. The Morgan fingerprint density at radius 2 is 2.40 bits per heavy atom. The average Bonchev–Trinajstić information content (AvgIpc) is 1.84. The minimum absolute atomic E-state index is 0.0800. The van der Waals surface area contributed by atoms with Crippen molar-refractivity contribution in [3.05, 3.63) is 0 Å². The molecule has 0 aromatic carbocycles. The summed E-state index contributed by atoms with van der Waals surface area (Å²) in [6.07, 6.45) is -1.16. The lowest BCUT2D eigenvalue weighted by Gasteiger charge is -2.33. The van der Waals surface area contributed by atoms with E-state index in [2.05, 4.69) is 10.6 Å². The second-order valence-electron chi connectivity index (χ2n) is 2.22. The van der Waals surface area contributed by atoms with Gasteiger partial charge in [-0.25, -0.2) is 4.79 Å². The molecular formula is C5H8N2O3. The van der Waals surface area contributed by atoms with Gasteiger partial charge < -0.3 is 15.7 Å². The SMILES string of the molecule is C[C@@H]1NC(=O)[C@H]1NC(=O)O. The Labute approximate surface area is 57.4 Å². The van der Waals surface area contributed by atoms with Crippen LogP contribution in [0.1, 0.15) is 6.92 Å². The maximum absolute atomic E-state index is 10.5. The zero-order valence-electron chi connectivity index (χ0n) is 5.42. The normalized spacial score (nSPS) is 30.3. The summed E-state index contributed by atoms with van der Waals surface area (Å²) in [7, 11) is 0. The molecule has 1 fully saturated rings. The number of carbonyl (C=O) groups excluding carboxylic acids is 1. The summed E-state index contributed by atoms with van der Waals surface area (Å²) in [6, 6.07) is -0.638. The van der Waals surface area contributed by atoms with Crippen LogP contribution in [0.2, 0.25) is 0 Å². The summed E-state index contributed by atoms with van der Waals surface area (Å²) in [5, 5.41) is 12.8. The molecule has 2 atom stereocenters. The van der Waals surface area contributed by atoms with E-state index in [4.69, 9.17) is 5.11 Å². The van der Waals surface area contributed by atoms with Crippen molar-refractivity contribution in [2.75, 3.05) is 0 Å². The molecule has 1 aliphatic heterocycles. The first-order chi connectivity index (χ1) is 4.61. The van der Waals surface area contributed by atoms with Crippen LogP contribution in [0.3, 0.4) is 0 Å². The Hall–Kier alpha value is -1.26. The molecule has 1 aliphatic rings. The monoisotopic (exact) mass is 144 g/mol. The van der Waals surface area contributed by atoms with Crippen LogP contribution in [0.5, 0.6) is 0 Å². The maximum Gasteiger partial charge on any atom is 0.405 e. The average molecular weight is 144 g/mol. The molecular weight excluding hydrogens is 136 g/mol. The van der Waals surface area contributed by atoms with E-state index in [9.17, 15) is 9.59 Å². The molecule has 0 radical (unpaired) electrons. The number of rotatable bonds is 1. The highest BCUT2D eigenvalue weighted by Gasteiger charge is 2.36. The van der Waals surface area contributed by atoms with Crippen molar-refractivity contribution in [2.45, 2.75) is 19.0 Å². The van der Waals surface area contributed by atoms with Gasteiger partial charge in [0, 0.05) is 0 Å². The van der Waals surface area contributed by atoms with E-state index in [1.165, 1.54) is 0 Å². The maximum atomic E-state index is 10.5. The number of nitrogens with one attached hydrogen (secondary N) is 2. The summed E-state index contributed by atoms with van der Waals surface area (Å²) in [5.41, 5.74) is 0. The first kappa shape index (κ1) is 6.85. The quantitative estimate of drug-likeness (QED) is 0.419. The van der Waals surface area contributed by atoms with Gasteiger partial charge in [0.2, 0.25) is 5.91 Å². The van der Waals surface area contributed by atoms with E-state index >= 15 is 0 Å². The molecule has 3 N–H and O–H groups in total. The largest absolute Gasteiger partial charge is 0.465 e. The van der Waals surface area contributed by atoms with Crippen LogP contribution in [-0.4, -0.2) is 29.2 Å². The molecule has 0 aromatic heterocycles. The number of hydrogen-bond donors (Lipinski definition) is 3. The van der Waals surface area contributed by atoms with Gasteiger partial charge in [0.15, 0.2) is 0 Å². The molecule has 0 saturated carbocycles. The highest BCUT2D eigenvalue weighted by molar-refractivity contribution is 5.91. The van der Waals surface area contributed by atoms with Crippen molar-refractivity contribution < 1.29 is 14.7 Å². The minimum Gasteiger partial charge on any atom is -0.465 e. The molecule has 10 heavy (non-hydrogen) atoms. The second kappa shape index (κ2) is 2.17. The third-order valence-corrected chi connectivity index (χ3v) is 1.43. The number of amides is 2. The van der Waals surface area contributed by atoms with E-state index in [-0.39, 0.29) is 11.9 Å². The molecule has 1 rings (SSSR count). The molecule has 56 valence electrons. The third kappa shape index (κ3) is 1.02. The highest BCUT2D eigenvalue weighted by atomic mass is 16.4. The van der Waals surface area contributed by atoms with E-state index in [1.54, 1.807) is 6.92 Å². The fraction of sp³-hybridized carbons (Fsp3) is 0.600. The lowest BCUT2D eigenvalue weighted by molar-refractivity contribution is -0.130. The van der Waals surface area contributed by atoms with Gasteiger partial charge in [0.05, 0.1) is 6.04 Å². The Morgan fingerprint density at radius 3 is 2.60 bits per heavy atom. The van der Waals surface area contributed by atoms with E-state index in [0.29, 0.717) is 0 Å². The molecule has 0 spiro atoms. The zero-order chi connectivity index (χ0) is 7.72. The van der Waals surface area contributed by atoms with Crippen molar-refractivity contribution in [1.82, 2.24) is 10.6 Å². The van der Waals surface area contributed by atoms with Gasteiger partial charge >= 0.3 is 6.09 Å². The van der Waals surface area contributed by atoms with Crippen LogP contribution in [-0.2, 0) is 4.79 Å². The molecule has 0 bridgehead atoms. The lowest BCUT2D eigenvalue weighted by atomic mass is 10.0. The Bertz CT molecular complexity index is 180. The van der Waals surface area contributed by atoms with Crippen molar-refractivity contribution in [3.8, 4) is 0 Å².